The first-order valence-corrected chi connectivity index (χ1v) is 10.6. The molecule has 0 fully saturated rings. The second-order valence-corrected chi connectivity index (χ2v) is 13.8. The third-order valence-corrected chi connectivity index (χ3v) is 11.5. The van der Waals surface area contributed by atoms with Gasteiger partial charge in [-0.3, -0.25) is 0 Å². The average molecular weight is 281 g/mol. The van der Waals surface area contributed by atoms with E-state index < -0.39 is 18.1 Å². The van der Waals surface area contributed by atoms with Crippen molar-refractivity contribution in [3.05, 3.63) is 30.3 Å². The zero-order valence-electron chi connectivity index (χ0n) is 12.7. The number of benzene rings is 1. The predicted molar refractivity (Wildman–Crippen MR) is 86.8 cm³/mol. The monoisotopic (exact) mass is 280 g/mol. The fraction of sp³-hybridized carbons (Fsp3) is 0.600. The van der Waals surface area contributed by atoms with Crippen LogP contribution in [0.5, 0.6) is 0 Å². The van der Waals surface area contributed by atoms with Crippen LogP contribution in [0.2, 0.25) is 16.6 Å². The van der Waals surface area contributed by atoms with Gasteiger partial charge in [-0.1, -0.05) is 71.9 Å². The van der Waals surface area contributed by atoms with Gasteiger partial charge in [-0.05, 0) is 21.8 Å². The van der Waals surface area contributed by atoms with Gasteiger partial charge in [-0.15, -0.1) is 0 Å². The van der Waals surface area contributed by atoms with Crippen molar-refractivity contribution in [3.63, 3.8) is 0 Å². The van der Waals surface area contributed by atoms with Gasteiger partial charge in [0.05, 0.1) is 0 Å². The quantitative estimate of drug-likeness (QED) is 0.724. The van der Waals surface area contributed by atoms with Gasteiger partial charge >= 0.3 is 0 Å². The van der Waals surface area contributed by atoms with Gasteiger partial charge in [0.2, 0.25) is 8.32 Å². The summed E-state index contributed by atoms with van der Waals surface area (Å²) < 4.78 is 6.68. The Labute approximate surface area is 116 Å². The molecule has 1 aromatic rings. The topological polar surface area (TPSA) is 9.23 Å². The first-order chi connectivity index (χ1) is 8.41. The number of hydrogen-bond donors (Lipinski definition) is 0. The maximum absolute atomic E-state index is 6.68. The Kier molecular flexibility index (Phi) is 5.82. The Balaban J connectivity index is 3.14. The van der Waals surface area contributed by atoms with E-state index in [1.807, 2.05) is 0 Å². The van der Waals surface area contributed by atoms with Gasteiger partial charge in [-0.25, -0.2) is 0 Å². The van der Waals surface area contributed by atoms with Crippen LogP contribution in [0.3, 0.4) is 0 Å². The van der Waals surface area contributed by atoms with Crippen LogP contribution < -0.4 is 5.19 Å². The molecule has 0 aliphatic heterocycles. The van der Waals surface area contributed by atoms with Crippen LogP contribution in [0, 0.1) is 0 Å². The summed E-state index contributed by atoms with van der Waals surface area (Å²) >= 11 is 0. The molecule has 0 amide bonds. The summed E-state index contributed by atoms with van der Waals surface area (Å²) in [4.78, 5) is 0. The van der Waals surface area contributed by atoms with Crippen LogP contribution in [0.25, 0.3) is 0 Å². The molecule has 0 aromatic heterocycles. The van der Waals surface area contributed by atoms with Gasteiger partial charge in [-0.2, -0.15) is 0 Å². The van der Waals surface area contributed by atoms with Crippen LogP contribution in [0.4, 0.5) is 0 Å². The highest BCUT2D eigenvalue weighted by molar-refractivity contribution is 6.91. The van der Waals surface area contributed by atoms with Crippen molar-refractivity contribution in [2.75, 3.05) is 0 Å². The lowest BCUT2D eigenvalue weighted by molar-refractivity contribution is 0.536. The highest BCUT2D eigenvalue weighted by Gasteiger charge is 2.43. The smallest absolute Gasteiger partial charge is 0.217 e. The van der Waals surface area contributed by atoms with E-state index in [0.717, 1.165) is 5.54 Å². The second kappa shape index (κ2) is 6.69. The summed E-state index contributed by atoms with van der Waals surface area (Å²) in [6.07, 6.45) is 0. The highest BCUT2D eigenvalue weighted by atomic mass is 28.4. The molecule has 0 bridgehead atoms. The minimum atomic E-state index is -1.83. The summed E-state index contributed by atoms with van der Waals surface area (Å²) in [6, 6.07) is 11.0. The Morgan fingerprint density at radius 3 is 1.78 bits per heavy atom. The standard InChI is InChI=1S/C15H28OSi2/c1-12(2)17-16-18(13(3)4,14(5)6)15-10-8-7-9-11-15/h7-14H,17H2,1-6H3. The zero-order valence-corrected chi connectivity index (χ0v) is 15.1. The number of rotatable bonds is 6. The molecule has 18 heavy (non-hydrogen) atoms. The van der Waals surface area contributed by atoms with Crippen molar-refractivity contribution in [1.29, 1.82) is 0 Å². The highest BCUT2D eigenvalue weighted by Crippen LogP contribution is 2.33. The molecule has 0 heterocycles. The Morgan fingerprint density at radius 1 is 0.889 bits per heavy atom. The van der Waals surface area contributed by atoms with E-state index in [-0.39, 0.29) is 0 Å². The molecular formula is C15H28OSi2. The van der Waals surface area contributed by atoms with Crippen LogP contribution in [0.15, 0.2) is 30.3 Å². The molecular weight excluding hydrogens is 252 g/mol. The molecule has 0 aliphatic carbocycles. The lowest BCUT2D eigenvalue weighted by Crippen LogP contribution is -2.56. The molecule has 3 heteroatoms. The summed E-state index contributed by atoms with van der Waals surface area (Å²) in [5, 5.41) is 1.48. The van der Waals surface area contributed by atoms with Gasteiger partial charge in [0, 0.05) is 0 Å². The molecule has 1 rings (SSSR count). The van der Waals surface area contributed by atoms with Crippen molar-refractivity contribution < 1.29 is 4.12 Å². The molecule has 102 valence electrons. The number of hydrogen-bond acceptors (Lipinski definition) is 1. The largest absolute Gasteiger partial charge is 0.457 e. The fourth-order valence-corrected chi connectivity index (χ4v) is 11.9. The molecule has 0 spiro atoms. The van der Waals surface area contributed by atoms with Crippen molar-refractivity contribution in [2.24, 2.45) is 0 Å². The van der Waals surface area contributed by atoms with Gasteiger partial charge in [0.25, 0.3) is 0 Å². The summed E-state index contributed by atoms with van der Waals surface area (Å²) in [5.74, 6) is 0. The third kappa shape index (κ3) is 3.34. The normalized spacial score (nSPS) is 13.4. The molecule has 1 nitrogen and oxygen atoms in total. The maximum atomic E-state index is 6.68. The lowest BCUT2D eigenvalue weighted by Gasteiger charge is -2.40. The van der Waals surface area contributed by atoms with Crippen LogP contribution in [-0.2, 0) is 4.12 Å². The molecule has 0 radical (unpaired) electrons. The van der Waals surface area contributed by atoms with Crippen molar-refractivity contribution in [3.8, 4) is 0 Å². The molecule has 1 aromatic carbocycles. The van der Waals surface area contributed by atoms with E-state index in [9.17, 15) is 0 Å². The van der Waals surface area contributed by atoms with E-state index >= 15 is 0 Å². The zero-order chi connectivity index (χ0) is 13.8. The Bertz CT molecular complexity index is 339. The molecule has 0 saturated carbocycles. The molecule has 0 atom stereocenters. The maximum Gasteiger partial charge on any atom is 0.217 e. The van der Waals surface area contributed by atoms with Gasteiger partial charge in [0.15, 0.2) is 0 Å². The minimum absolute atomic E-state index is 0.426. The first-order valence-electron chi connectivity index (χ1n) is 7.10. The third-order valence-electron chi connectivity index (χ3n) is 3.60. The van der Waals surface area contributed by atoms with E-state index in [0.29, 0.717) is 11.1 Å². The summed E-state index contributed by atoms with van der Waals surface area (Å²) in [6.45, 7) is 13.9. The van der Waals surface area contributed by atoms with Crippen LogP contribution in [-0.4, -0.2) is 18.1 Å². The van der Waals surface area contributed by atoms with Crippen molar-refractivity contribution in [2.45, 2.75) is 58.2 Å². The second-order valence-electron chi connectivity index (χ2n) is 6.17. The van der Waals surface area contributed by atoms with Crippen LogP contribution in [0.1, 0.15) is 41.5 Å². The average Bonchev–Trinajstić information content (AvgIpc) is 2.30. The van der Waals surface area contributed by atoms with Crippen molar-refractivity contribution >= 4 is 23.3 Å². The van der Waals surface area contributed by atoms with E-state index in [1.165, 1.54) is 5.19 Å². The van der Waals surface area contributed by atoms with E-state index in [4.69, 9.17) is 4.12 Å². The van der Waals surface area contributed by atoms with Crippen LogP contribution >= 0.6 is 0 Å². The SMILES string of the molecule is CC(C)[SiH2]O[Si](c1ccccc1)(C(C)C)C(C)C. The summed E-state index contributed by atoms with van der Waals surface area (Å²) in [7, 11) is -2.25. The van der Waals surface area contributed by atoms with Gasteiger partial charge < -0.3 is 4.12 Å². The van der Waals surface area contributed by atoms with Crippen molar-refractivity contribution in [1.82, 2.24) is 0 Å². The van der Waals surface area contributed by atoms with E-state index in [1.54, 1.807) is 0 Å². The summed E-state index contributed by atoms with van der Waals surface area (Å²) in [5.41, 5.74) is 2.00. The Hall–Kier alpha value is -0.386. The van der Waals surface area contributed by atoms with Gasteiger partial charge in [0.1, 0.15) is 9.76 Å². The molecule has 0 aliphatic rings. The molecule has 0 N–H and O–H groups in total. The first kappa shape index (κ1) is 15.7. The minimum Gasteiger partial charge on any atom is -0.457 e. The van der Waals surface area contributed by atoms with E-state index in [2.05, 4.69) is 71.9 Å². The fourth-order valence-electron chi connectivity index (χ4n) is 2.75. The molecule has 0 saturated heterocycles. The Morgan fingerprint density at radius 2 is 1.39 bits per heavy atom. The molecule has 0 unspecified atom stereocenters. The predicted octanol–water partition coefficient (Wildman–Crippen LogP) is 3.59. The lowest BCUT2D eigenvalue weighted by atomic mass is 10.4.